The fraction of sp³-hybridized carbons (Fsp3) is 0.167. The van der Waals surface area contributed by atoms with Crippen LogP contribution in [0.3, 0.4) is 0 Å². The molecule has 40 heavy (non-hydrogen) atoms. The van der Waals surface area contributed by atoms with Crippen LogP contribution in [-0.2, 0) is 14.8 Å². The highest BCUT2D eigenvalue weighted by atomic mass is 32.2. The largest absolute Gasteiger partial charge is 0.359 e. The summed E-state index contributed by atoms with van der Waals surface area (Å²) in [4.78, 5) is 45.1. The monoisotopic (exact) mass is 556 g/mol. The summed E-state index contributed by atoms with van der Waals surface area (Å²) in [6, 6.07) is 20.3. The van der Waals surface area contributed by atoms with E-state index in [-0.39, 0.29) is 35.1 Å². The second-order valence-electron chi connectivity index (χ2n) is 9.13. The number of terminal acetylenes is 1. The molecule has 1 aromatic heterocycles. The number of piperazine rings is 1. The number of aromatic amines is 1. The molecule has 1 saturated heterocycles. The predicted octanol–water partition coefficient (Wildman–Crippen LogP) is 3.69. The van der Waals surface area contributed by atoms with Crippen molar-refractivity contribution in [2.45, 2.75) is 11.8 Å². The van der Waals surface area contributed by atoms with E-state index in [2.05, 4.69) is 22.6 Å². The van der Waals surface area contributed by atoms with E-state index in [9.17, 15) is 22.8 Å². The van der Waals surface area contributed by atoms with Crippen molar-refractivity contribution in [1.29, 1.82) is 0 Å². The lowest BCUT2D eigenvalue weighted by atomic mass is 10.1. The quantitative estimate of drug-likeness (QED) is 0.213. The van der Waals surface area contributed by atoms with E-state index in [1.165, 1.54) is 23.2 Å². The summed E-state index contributed by atoms with van der Waals surface area (Å²) in [5, 5.41) is 0.436. The van der Waals surface area contributed by atoms with Gasteiger partial charge in [-0.2, -0.15) is 0 Å². The van der Waals surface area contributed by atoms with E-state index in [1.54, 1.807) is 59.5 Å². The lowest BCUT2D eigenvalue weighted by Gasteiger charge is -2.34. The average molecular weight is 557 g/mol. The molecule has 1 fully saturated rings. The minimum atomic E-state index is -3.86. The molecule has 204 valence electrons. The van der Waals surface area contributed by atoms with Gasteiger partial charge in [0.15, 0.2) is 0 Å². The number of nitrogens with one attached hydrogen (secondary N) is 2. The number of para-hydroxylation sites is 1. The molecule has 0 spiro atoms. The predicted molar refractivity (Wildman–Crippen MR) is 153 cm³/mol. The summed E-state index contributed by atoms with van der Waals surface area (Å²) in [7, 11) is -3.86. The number of carbonyl (C=O) groups excluding carboxylic acids is 3. The maximum absolute atomic E-state index is 13.2. The number of fused-ring (bicyclic) bond motifs is 1. The van der Waals surface area contributed by atoms with Gasteiger partial charge in [-0.1, -0.05) is 48.0 Å². The smallest absolute Gasteiger partial charge is 0.295 e. The highest BCUT2D eigenvalue weighted by Crippen LogP contribution is 2.28. The maximum Gasteiger partial charge on any atom is 0.295 e. The number of benzene rings is 3. The first-order valence-electron chi connectivity index (χ1n) is 12.5. The number of hydrogen-bond donors (Lipinski definition) is 2. The lowest BCUT2D eigenvalue weighted by molar-refractivity contribution is -0.127. The molecular formula is C30H28N4O5S. The van der Waals surface area contributed by atoms with Crippen LogP contribution in [0.1, 0.15) is 26.3 Å². The van der Waals surface area contributed by atoms with Crippen LogP contribution in [0.25, 0.3) is 10.9 Å². The third-order valence-electron chi connectivity index (χ3n) is 6.60. The SMILES string of the molecule is C#C.Cc1ccc(S(=O)(=O)Nc2cccc3c(C(=O)C(=O)N4CCN(C(=O)c5ccccc5)CC4)c[nH]c23)cc1. The molecule has 0 atom stereocenters. The zero-order valence-corrected chi connectivity index (χ0v) is 22.6. The molecule has 4 aromatic rings. The van der Waals surface area contributed by atoms with Crippen molar-refractivity contribution in [3.05, 3.63) is 95.7 Å². The molecule has 0 saturated carbocycles. The molecule has 1 aliphatic rings. The molecular weight excluding hydrogens is 528 g/mol. The van der Waals surface area contributed by atoms with Crippen LogP contribution >= 0.6 is 0 Å². The molecule has 3 aromatic carbocycles. The molecule has 2 N–H and O–H groups in total. The van der Waals surface area contributed by atoms with Gasteiger partial charge in [-0.3, -0.25) is 19.1 Å². The van der Waals surface area contributed by atoms with E-state index >= 15 is 0 Å². The minimum absolute atomic E-state index is 0.110. The number of amides is 2. The summed E-state index contributed by atoms with van der Waals surface area (Å²) in [5.41, 5.74) is 2.34. The number of hydrogen-bond acceptors (Lipinski definition) is 5. The lowest BCUT2D eigenvalue weighted by Crippen LogP contribution is -2.52. The van der Waals surface area contributed by atoms with Crippen LogP contribution in [0.5, 0.6) is 0 Å². The van der Waals surface area contributed by atoms with Crippen molar-refractivity contribution < 1.29 is 22.8 Å². The van der Waals surface area contributed by atoms with Gasteiger partial charge in [0.1, 0.15) is 0 Å². The van der Waals surface area contributed by atoms with Gasteiger partial charge in [0, 0.05) is 43.3 Å². The van der Waals surface area contributed by atoms with Crippen LogP contribution in [0.2, 0.25) is 0 Å². The first kappa shape index (κ1) is 28.1. The van der Waals surface area contributed by atoms with Gasteiger partial charge in [0.2, 0.25) is 0 Å². The third kappa shape index (κ3) is 5.75. The molecule has 1 aliphatic heterocycles. The van der Waals surface area contributed by atoms with Gasteiger partial charge in [-0.05, 0) is 37.3 Å². The molecule has 5 rings (SSSR count). The molecule has 0 unspecified atom stereocenters. The first-order chi connectivity index (χ1) is 19.2. The number of aryl methyl sites for hydroxylation is 1. The Morgan fingerprint density at radius 3 is 2.10 bits per heavy atom. The van der Waals surface area contributed by atoms with Crippen molar-refractivity contribution in [2.24, 2.45) is 0 Å². The number of anilines is 1. The van der Waals surface area contributed by atoms with Crippen molar-refractivity contribution in [3.8, 4) is 12.8 Å². The maximum atomic E-state index is 13.2. The van der Waals surface area contributed by atoms with Crippen LogP contribution in [-0.4, -0.2) is 67.0 Å². The van der Waals surface area contributed by atoms with Crippen molar-refractivity contribution in [1.82, 2.24) is 14.8 Å². The summed E-state index contributed by atoms with van der Waals surface area (Å²) < 4.78 is 28.4. The highest BCUT2D eigenvalue weighted by molar-refractivity contribution is 7.92. The van der Waals surface area contributed by atoms with Crippen molar-refractivity contribution in [2.75, 3.05) is 30.9 Å². The number of nitrogens with zero attached hydrogens (tertiary/aromatic N) is 2. The van der Waals surface area contributed by atoms with E-state index in [0.29, 0.717) is 29.6 Å². The first-order valence-corrected chi connectivity index (χ1v) is 13.9. The molecule has 2 heterocycles. The fourth-order valence-electron chi connectivity index (χ4n) is 4.48. The number of Topliss-reactive ketones (excluding diaryl/α,β-unsaturated/α-hetero) is 1. The standard InChI is InChI=1S/C28H26N4O5S.C2H2/c1-19-10-12-21(13-11-19)38(36,37)30-24-9-5-8-22-23(18-29-25(22)24)26(33)28(35)32-16-14-31(15-17-32)27(34)20-6-3-2-4-7-20;1-2/h2-13,18,29-30H,14-17H2,1H3;1-2H. The second-order valence-corrected chi connectivity index (χ2v) is 10.8. The summed E-state index contributed by atoms with van der Waals surface area (Å²) >= 11 is 0. The Labute approximate surface area is 232 Å². The number of H-pyrrole nitrogens is 1. The van der Waals surface area contributed by atoms with E-state index < -0.39 is 21.7 Å². The normalized spacial score (nSPS) is 13.3. The summed E-state index contributed by atoms with van der Waals surface area (Å²) in [5.74, 6) is -1.47. The number of ketones is 1. The Morgan fingerprint density at radius 2 is 1.45 bits per heavy atom. The molecule has 9 nitrogen and oxygen atoms in total. The van der Waals surface area contributed by atoms with E-state index in [1.807, 2.05) is 13.0 Å². The van der Waals surface area contributed by atoms with Crippen molar-refractivity contribution >= 4 is 44.2 Å². The van der Waals surface area contributed by atoms with Gasteiger partial charge in [-0.25, -0.2) is 8.42 Å². The topological polar surface area (TPSA) is 120 Å². The molecule has 10 heteroatoms. The zero-order valence-electron chi connectivity index (χ0n) is 21.8. The van der Waals surface area contributed by atoms with Crippen molar-refractivity contribution in [3.63, 3.8) is 0 Å². The Hall–Kier alpha value is -4.88. The van der Waals surface area contributed by atoms with Gasteiger partial charge in [0.25, 0.3) is 27.6 Å². The van der Waals surface area contributed by atoms with E-state index in [0.717, 1.165) is 5.56 Å². The van der Waals surface area contributed by atoms with Crippen LogP contribution in [0.4, 0.5) is 5.69 Å². The molecule has 2 amide bonds. The molecule has 0 radical (unpaired) electrons. The Kier molecular flexibility index (Phi) is 8.36. The molecule has 0 aliphatic carbocycles. The zero-order chi connectivity index (χ0) is 28.9. The Morgan fingerprint density at radius 1 is 0.825 bits per heavy atom. The van der Waals surface area contributed by atoms with Crippen LogP contribution in [0.15, 0.2) is 83.9 Å². The number of rotatable bonds is 6. The van der Waals surface area contributed by atoms with Crippen LogP contribution in [0, 0.1) is 19.8 Å². The van der Waals surface area contributed by atoms with Gasteiger partial charge in [-0.15, -0.1) is 12.8 Å². The van der Waals surface area contributed by atoms with Gasteiger partial charge >= 0.3 is 0 Å². The van der Waals surface area contributed by atoms with Gasteiger partial charge < -0.3 is 14.8 Å². The second kappa shape index (κ2) is 11.9. The summed E-state index contributed by atoms with van der Waals surface area (Å²) in [6.45, 7) is 3.00. The fourth-order valence-corrected chi connectivity index (χ4v) is 5.55. The van der Waals surface area contributed by atoms with Gasteiger partial charge in [0.05, 0.1) is 21.7 Å². The van der Waals surface area contributed by atoms with E-state index in [4.69, 9.17) is 0 Å². The minimum Gasteiger partial charge on any atom is -0.359 e. The molecule has 0 bridgehead atoms. The highest BCUT2D eigenvalue weighted by Gasteiger charge is 2.30. The number of sulfonamides is 1. The third-order valence-corrected chi connectivity index (χ3v) is 7.99. The number of carbonyl (C=O) groups is 3. The van der Waals surface area contributed by atoms with Crippen LogP contribution < -0.4 is 4.72 Å². The Balaban J connectivity index is 0.00000181. The Bertz CT molecular complexity index is 1670. The summed E-state index contributed by atoms with van der Waals surface area (Å²) in [6.07, 6.45) is 9.42. The number of aromatic nitrogens is 1. The average Bonchev–Trinajstić information content (AvgIpc) is 3.43.